The molecule has 2 heterocycles. The first kappa shape index (κ1) is 13.4. The molecule has 3 aromatic rings. The van der Waals surface area contributed by atoms with Crippen molar-refractivity contribution in [2.75, 3.05) is 12.3 Å². The van der Waals surface area contributed by atoms with E-state index in [1.54, 1.807) is 0 Å². The molecule has 0 aliphatic rings. The predicted octanol–water partition coefficient (Wildman–Crippen LogP) is 3.02. The molecule has 0 fully saturated rings. The highest BCUT2D eigenvalue weighted by Gasteiger charge is 2.16. The molecular weight excluding hydrogens is 264 g/mol. The maximum atomic E-state index is 6.01. The normalized spacial score (nSPS) is 11.0. The van der Waals surface area contributed by atoms with Crippen LogP contribution >= 0.6 is 0 Å². The van der Waals surface area contributed by atoms with Crippen LogP contribution < -0.4 is 10.5 Å². The third-order valence-corrected chi connectivity index (χ3v) is 3.71. The van der Waals surface area contributed by atoms with Gasteiger partial charge in [0.05, 0.1) is 17.7 Å². The Morgan fingerprint density at radius 2 is 2.05 bits per heavy atom. The quantitative estimate of drug-likeness (QED) is 0.802. The number of nitrogens with two attached hydrogens (primary N) is 1. The van der Waals surface area contributed by atoms with Crippen molar-refractivity contribution in [3.05, 3.63) is 41.9 Å². The van der Waals surface area contributed by atoms with E-state index in [-0.39, 0.29) is 0 Å². The Bertz CT molecular complexity index is 807. The van der Waals surface area contributed by atoms with Gasteiger partial charge in [0.1, 0.15) is 17.9 Å². The summed E-state index contributed by atoms with van der Waals surface area (Å²) in [7, 11) is 0. The minimum absolute atomic E-state index is 0.514. The molecule has 1 aromatic carbocycles. The fraction of sp³-hybridized carbons (Fsp3) is 0.250. The summed E-state index contributed by atoms with van der Waals surface area (Å²) in [5.74, 6) is 1.36. The molecule has 2 aromatic heterocycles. The van der Waals surface area contributed by atoms with E-state index in [9.17, 15) is 0 Å². The minimum Gasteiger partial charge on any atom is -0.494 e. The topological polar surface area (TPSA) is 66.0 Å². The van der Waals surface area contributed by atoms with Gasteiger partial charge in [-0.05, 0) is 38.5 Å². The Balaban J connectivity index is 2.28. The molecule has 0 aliphatic heterocycles. The van der Waals surface area contributed by atoms with E-state index in [4.69, 9.17) is 10.5 Å². The van der Waals surface area contributed by atoms with Crippen molar-refractivity contribution < 1.29 is 4.74 Å². The van der Waals surface area contributed by atoms with Crippen molar-refractivity contribution in [1.82, 2.24) is 14.5 Å². The monoisotopic (exact) mass is 282 g/mol. The summed E-state index contributed by atoms with van der Waals surface area (Å²) < 4.78 is 7.67. The summed E-state index contributed by atoms with van der Waals surface area (Å²) in [6.45, 7) is 6.72. The summed E-state index contributed by atoms with van der Waals surface area (Å²) in [4.78, 5) is 8.50. The Hall–Kier alpha value is -2.56. The molecule has 0 radical (unpaired) electrons. The third kappa shape index (κ3) is 2.11. The average molecular weight is 282 g/mol. The molecule has 3 rings (SSSR count). The summed E-state index contributed by atoms with van der Waals surface area (Å²) in [5.41, 5.74) is 10.0. The molecule has 5 heteroatoms. The van der Waals surface area contributed by atoms with Crippen molar-refractivity contribution in [3.63, 3.8) is 0 Å². The second kappa shape index (κ2) is 5.09. The van der Waals surface area contributed by atoms with Crippen LogP contribution in [0.1, 0.15) is 18.2 Å². The van der Waals surface area contributed by atoms with Crippen LogP contribution in [0, 0.1) is 13.8 Å². The largest absolute Gasteiger partial charge is 0.494 e. The first-order chi connectivity index (χ1) is 10.1. The van der Waals surface area contributed by atoms with E-state index < -0.39 is 0 Å². The van der Waals surface area contributed by atoms with Crippen LogP contribution in [-0.2, 0) is 0 Å². The Morgan fingerprint density at radius 1 is 1.24 bits per heavy atom. The molecule has 0 unspecified atom stereocenters. The molecule has 0 bridgehead atoms. The maximum absolute atomic E-state index is 6.01. The highest BCUT2D eigenvalue weighted by Crippen LogP contribution is 2.30. The Kier molecular flexibility index (Phi) is 3.25. The van der Waals surface area contributed by atoms with Gasteiger partial charge in [0.25, 0.3) is 0 Å². The first-order valence-corrected chi connectivity index (χ1v) is 6.94. The number of hydrogen-bond acceptors (Lipinski definition) is 4. The number of benzene rings is 1. The van der Waals surface area contributed by atoms with Gasteiger partial charge in [-0.2, -0.15) is 0 Å². The van der Waals surface area contributed by atoms with E-state index in [2.05, 4.69) is 21.5 Å². The second-order valence-electron chi connectivity index (χ2n) is 4.93. The molecule has 0 aliphatic carbocycles. The smallest absolute Gasteiger partial charge is 0.150 e. The van der Waals surface area contributed by atoms with Gasteiger partial charge in [-0.25, -0.2) is 9.97 Å². The lowest BCUT2D eigenvalue weighted by Crippen LogP contribution is -2.00. The number of anilines is 1. The van der Waals surface area contributed by atoms with E-state index in [0.29, 0.717) is 12.4 Å². The van der Waals surface area contributed by atoms with Crippen molar-refractivity contribution in [3.8, 4) is 11.4 Å². The van der Waals surface area contributed by atoms with Gasteiger partial charge in [-0.15, -0.1) is 0 Å². The van der Waals surface area contributed by atoms with Gasteiger partial charge in [-0.1, -0.05) is 6.07 Å². The number of hydrogen-bond donors (Lipinski definition) is 1. The van der Waals surface area contributed by atoms with Gasteiger partial charge in [-0.3, -0.25) is 4.57 Å². The van der Waals surface area contributed by atoms with Gasteiger partial charge in [0.2, 0.25) is 0 Å². The Labute approximate surface area is 123 Å². The zero-order valence-electron chi connectivity index (χ0n) is 12.4. The van der Waals surface area contributed by atoms with Crippen LogP contribution in [0.2, 0.25) is 0 Å². The lowest BCUT2D eigenvalue weighted by atomic mass is 10.2. The lowest BCUT2D eigenvalue weighted by Gasteiger charge is -2.10. The number of aryl methyl sites for hydroxylation is 1. The number of ether oxygens (including phenoxy) is 1. The lowest BCUT2D eigenvalue weighted by molar-refractivity contribution is 0.340. The third-order valence-electron chi connectivity index (χ3n) is 3.71. The summed E-state index contributed by atoms with van der Waals surface area (Å²) in [6, 6.07) is 7.97. The van der Waals surface area contributed by atoms with Crippen LogP contribution in [0.5, 0.6) is 5.75 Å². The Morgan fingerprint density at radius 3 is 2.81 bits per heavy atom. The van der Waals surface area contributed by atoms with Gasteiger partial charge < -0.3 is 10.5 Å². The molecule has 0 saturated carbocycles. The SMILES string of the molecule is CCOc1cccc(-n2c(C)c(C)c3c(N)ncnc32)c1. The average Bonchev–Trinajstić information content (AvgIpc) is 2.73. The molecule has 0 atom stereocenters. The maximum Gasteiger partial charge on any atom is 0.150 e. The highest BCUT2D eigenvalue weighted by molar-refractivity contribution is 5.92. The van der Waals surface area contributed by atoms with Crippen molar-refractivity contribution in [2.45, 2.75) is 20.8 Å². The molecule has 21 heavy (non-hydrogen) atoms. The van der Waals surface area contributed by atoms with E-state index >= 15 is 0 Å². The molecule has 5 nitrogen and oxygen atoms in total. The fourth-order valence-electron chi connectivity index (χ4n) is 2.62. The fourth-order valence-corrected chi connectivity index (χ4v) is 2.62. The molecule has 0 spiro atoms. The van der Waals surface area contributed by atoms with Crippen LogP contribution in [0.3, 0.4) is 0 Å². The molecular formula is C16H18N4O. The minimum atomic E-state index is 0.514. The van der Waals surface area contributed by atoms with Crippen LogP contribution in [0.15, 0.2) is 30.6 Å². The van der Waals surface area contributed by atoms with Crippen molar-refractivity contribution in [1.29, 1.82) is 0 Å². The number of aromatic nitrogens is 3. The predicted molar refractivity (Wildman–Crippen MR) is 83.9 cm³/mol. The van der Waals surface area contributed by atoms with Gasteiger partial charge >= 0.3 is 0 Å². The number of fused-ring (bicyclic) bond motifs is 1. The van der Waals surface area contributed by atoms with Crippen LogP contribution in [0.4, 0.5) is 5.82 Å². The zero-order chi connectivity index (χ0) is 15.0. The van der Waals surface area contributed by atoms with Crippen LogP contribution in [-0.4, -0.2) is 21.1 Å². The number of rotatable bonds is 3. The summed E-state index contributed by atoms with van der Waals surface area (Å²) in [6.07, 6.45) is 1.50. The van der Waals surface area contributed by atoms with E-state index in [1.807, 2.05) is 38.1 Å². The zero-order valence-corrected chi connectivity index (χ0v) is 12.4. The summed E-state index contributed by atoms with van der Waals surface area (Å²) in [5, 5.41) is 0.914. The van der Waals surface area contributed by atoms with Crippen molar-refractivity contribution in [2.24, 2.45) is 0 Å². The number of nitrogen functional groups attached to an aromatic ring is 1. The van der Waals surface area contributed by atoms with E-state index in [0.717, 1.165) is 33.7 Å². The highest BCUT2D eigenvalue weighted by atomic mass is 16.5. The first-order valence-electron chi connectivity index (χ1n) is 6.94. The second-order valence-corrected chi connectivity index (χ2v) is 4.93. The standard InChI is InChI=1S/C16H18N4O/c1-4-21-13-7-5-6-12(8-13)20-11(3)10(2)14-15(17)18-9-19-16(14)20/h5-9H,4H2,1-3H3,(H2,17,18,19). The number of nitrogens with zero attached hydrogens (tertiary/aromatic N) is 3. The molecule has 0 saturated heterocycles. The molecule has 0 amide bonds. The summed E-state index contributed by atoms with van der Waals surface area (Å²) >= 11 is 0. The molecule has 108 valence electrons. The van der Waals surface area contributed by atoms with Gasteiger partial charge in [0.15, 0.2) is 5.65 Å². The van der Waals surface area contributed by atoms with Crippen molar-refractivity contribution >= 4 is 16.9 Å². The van der Waals surface area contributed by atoms with Crippen LogP contribution in [0.25, 0.3) is 16.7 Å². The van der Waals surface area contributed by atoms with E-state index in [1.165, 1.54) is 6.33 Å². The van der Waals surface area contributed by atoms with Gasteiger partial charge in [0, 0.05) is 11.8 Å². The molecule has 2 N–H and O–H groups in total.